The van der Waals surface area contributed by atoms with Crippen LogP contribution in [0.3, 0.4) is 0 Å². The van der Waals surface area contributed by atoms with E-state index in [2.05, 4.69) is 41.9 Å². The molecule has 3 aliphatic rings. The van der Waals surface area contributed by atoms with Crippen LogP contribution in [-0.2, 0) is 11.3 Å². The summed E-state index contributed by atoms with van der Waals surface area (Å²) in [6.45, 7) is 8.77. The zero-order chi connectivity index (χ0) is 26.8. The Morgan fingerprint density at radius 1 is 1.13 bits per heavy atom. The van der Waals surface area contributed by atoms with Gasteiger partial charge in [-0.3, -0.25) is 14.7 Å². The van der Waals surface area contributed by atoms with Crippen molar-refractivity contribution in [2.24, 2.45) is 5.73 Å². The zero-order valence-electron chi connectivity index (χ0n) is 22.5. The number of likely N-dealkylation sites (tertiary alicyclic amines) is 1. The van der Waals surface area contributed by atoms with E-state index in [0.717, 1.165) is 98.4 Å². The molecule has 3 saturated heterocycles. The van der Waals surface area contributed by atoms with Gasteiger partial charge in [-0.2, -0.15) is 0 Å². The fourth-order valence-electron chi connectivity index (χ4n) is 5.77. The van der Waals surface area contributed by atoms with E-state index in [1.165, 1.54) is 0 Å². The standard InChI is InChI=1S/C27H37N9O2S/c1-18-14-36(11-12-38-18)24-23-26(31-17-30-24)39-27(33-23)35-9-5-21(6-10-35)32-25(37)22-13-19(4-7-29-22)15-34-8-2-3-20(28)16-34/h4,7,13,17-18,20-21H,2-3,5-6,8-12,14-16,28H2,1H3,(H,32,37)/t18-,20-/m1/s1. The molecule has 11 nitrogen and oxygen atoms in total. The van der Waals surface area contributed by atoms with Gasteiger partial charge in [0.1, 0.15) is 17.5 Å². The van der Waals surface area contributed by atoms with Gasteiger partial charge in [0, 0.05) is 57.5 Å². The molecule has 0 unspecified atom stereocenters. The predicted octanol–water partition coefficient (Wildman–Crippen LogP) is 2.03. The summed E-state index contributed by atoms with van der Waals surface area (Å²) in [5.41, 5.74) is 8.57. The summed E-state index contributed by atoms with van der Waals surface area (Å²) in [4.78, 5) is 39.2. The first-order valence-corrected chi connectivity index (χ1v) is 14.8. The molecule has 6 heterocycles. The third-order valence-corrected chi connectivity index (χ3v) is 8.84. The Morgan fingerprint density at radius 2 is 2.00 bits per heavy atom. The number of morpholine rings is 1. The Labute approximate surface area is 232 Å². The number of hydrogen-bond acceptors (Lipinski definition) is 11. The molecule has 0 spiro atoms. The lowest BCUT2D eigenvalue weighted by atomic mass is 10.0. The predicted molar refractivity (Wildman–Crippen MR) is 152 cm³/mol. The molecule has 3 N–H and O–H groups in total. The summed E-state index contributed by atoms with van der Waals surface area (Å²) in [5, 5.41) is 4.17. The van der Waals surface area contributed by atoms with E-state index in [1.54, 1.807) is 23.9 Å². The summed E-state index contributed by atoms with van der Waals surface area (Å²) >= 11 is 1.61. The largest absolute Gasteiger partial charge is 0.375 e. The van der Waals surface area contributed by atoms with Gasteiger partial charge in [-0.25, -0.2) is 15.0 Å². The highest BCUT2D eigenvalue weighted by molar-refractivity contribution is 7.21. The summed E-state index contributed by atoms with van der Waals surface area (Å²) in [7, 11) is 0. The molecule has 39 heavy (non-hydrogen) atoms. The van der Waals surface area contributed by atoms with Crippen LogP contribution in [0.15, 0.2) is 24.7 Å². The zero-order valence-corrected chi connectivity index (χ0v) is 23.3. The van der Waals surface area contributed by atoms with Gasteiger partial charge >= 0.3 is 0 Å². The number of rotatable bonds is 6. The topological polar surface area (TPSA) is 126 Å². The van der Waals surface area contributed by atoms with Gasteiger partial charge in [0.05, 0.1) is 12.7 Å². The summed E-state index contributed by atoms with van der Waals surface area (Å²) < 4.78 is 5.70. The third-order valence-electron chi connectivity index (χ3n) is 7.81. The van der Waals surface area contributed by atoms with Crippen molar-refractivity contribution < 1.29 is 9.53 Å². The number of thiazole rings is 1. The Hall–Kier alpha value is -2.93. The van der Waals surface area contributed by atoms with Crippen molar-refractivity contribution in [1.29, 1.82) is 0 Å². The number of carbonyl (C=O) groups is 1. The third kappa shape index (κ3) is 6.13. The quantitative estimate of drug-likeness (QED) is 0.470. The highest BCUT2D eigenvalue weighted by Crippen LogP contribution is 2.33. The molecule has 1 amide bonds. The first-order chi connectivity index (χ1) is 19.0. The number of nitrogens with zero attached hydrogens (tertiary/aromatic N) is 7. The fourth-order valence-corrected chi connectivity index (χ4v) is 6.73. The van der Waals surface area contributed by atoms with Crippen molar-refractivity contribution >= 4 is 38.5 Å². The van der Waals surface area contributed by atoms with Crippen LogP contribution in [0.5, 0.6) is 0 Å². The van der Waals surface area contributed by atoms with E-state index in [1.807, 2.05) is 12.1 Å². The molecular formula is C27H37N9O2S. The average molecular weight is 552 g/mol. The molecule has 0 aliphatic carbocycles. The second-order valence-corrected chi connectivity index (χ2v) is 11.9. The van der Waals surface area contributed by atoms with Gasteiger partial charge in [-0.15, -0.1) is 0 Å². The number of nitrogens with two attached hydrogens (primary N) is 1. The van der Waals surface area contributed by atoms with E-state index in [4.69, 9.17) is 15.5 Å². The molecule has 3 fully saturated rings. The first kappa shape index (κ1) is 26.3. The van der Waals surface area contributed by atoms with Crippen LogP contribution >= 0.6 is 11.3 Å². The number of aromatic nitrogens is 4. The number of fused-ring (bicyclic) bond motifs is 1. The molecular weight excluding hydrogens is 514 g/mol. The van der Waals surface area contributed by atoms with Gasteiger partial charge in [0.25, 0.3) is 5.91 Å². The molecule has 3 aromatic heterocycles. The Bertz CT molecular complexity index is 1300. The van der Waals surface area contributed by atoms with E-state index in [9.17, 15) is 4.79 Å². The highest BCUT2D eigenvalue weighted by atomic mass is 32.1. The maximum absolute atomic E-state index is 13.0. The molecule has 3 aromatic rings. The van der Waals surface area contributed by atoms with Crippen LogP contribution < -0.4 is 20.9 Å². The smallest absolute Gasteiger partial charge is 0.270 e. The van der Waals surface area contributed by atoms with Crippen molar-refractivity contribution in [2.75, 3.05) is 55.7 Å². The molecule has 6 rings (SSSR count). The average Bonchev–Trinajstić information content (AvgIpc) is 3.38. The lowest BCUT2D eigenvalue weighted by Gasteiger charge is -2.32. The highest BCUT2D eigenvalue weighted by Gasteiger charge is 2.26. The molecule has 0 aromatic carbocycles. The molecule has 208 valence electrons. The Morgan fingerprint density at radius 3 is 2.82 bits per heavy atom. The number of ether oxygens (including phenoxy) is 1. The van der Waals surface area contributed by atoms with Gasteiger partial charge in [0.2, 0.25) is 0 Å². The maximum atomic E-state index is 13.0. The number of carbonyl (C=O) groups excluding carboxylic acids is 1. The van der Waals surface area contributed by atoms with E-state index in [0.29, 0.717) is 12.3 Å². The van der Waals surface area contributed by atoms with Gasteiger partial charge < -0.3 is 25.6 Å². The summed E-state index contributed by atoms with van der Waals surface area (Å²) in [6, 6.07) is 4.25. The molecule has 3 aliphatic heterocycles. The van der Waals surface area contributed by atoms with Crippen LogP contribution in [0.4, 0.5) is 10.9 Å². The van der Waals surface area contributed by atoms with Crippen molar-refractivity contribution in [3.05, 3.63) is 35.9 Å². The van der Waals surface area contributed by atoms with E-state index >= 15 is 0 Å². The lowest BCUT2D eigenvalue weighted by molar-refractivity contribution is 0.0530. The number of anilines is 2. The molecule has 0 bridgehead atoms. The van der Waals surface area contributed by atoms with Gasteiger partial charge in [-0.1, -0.05) is 11.3 Å². The normalized spacial score (nSPS) is 23.3. The minimum Gasteiger partial charge on any atom is -0.375 e. The van der Waals surface area contributed by atoms with Crippen molar-refractivity contribution in [1.82, 2.24) is 30.2 Å². The first-order valence-electron chi connectivity index (χ1n) is 14.0. The van der Waals surface area contributed by atoms with Crippen LogP contribution in [0, 0.1) is 0 Å². The lowest BCUT2D eigenvalue weighted by Crippen LogP contribution is -2.45. The second kappa shape index (κ2) is 11.7. The number of piperidine rings is 2. The maximum Gasteiger partial charge on any atom is 0.270 e. The van der Waals surface area contributed by atoms with Crippen molar-refractivity contribution in [2.45, 2.75) is 57.3 Å². The number of nitrogens with one attached hydrogen (secondary N) is 1. The monoisotopic (exact) mass is 551 g/mol. The number of hydrogen-bond donors (Lipinski definition) is 2. The van der Waals surface area contributed by atoms with Crippen LogP contribution in [0.2, 0.25) is 0 Å². The van der Waals surface area contributed by atoms with Crippen LogP contribution in [0.1, 0.15) is 48.7 Å². The number of pyridine rings is 1. The summed E-state index contributed by atoms with van der Waals surface area (Å²) in [5.74, 6) is 0.781. The fraction of sp³-hybridized carbons (Fsp3) is 0.593. The van der Waals surface area contributed by atoms with Crippen molar-refractivity contribution in [3.8, 4) is 0 Å². The second-order valence-electron chi connectivity index (χ2n) is 10.9. The number of amides is 1. The molecule has 12 heteroatoms. The van der Waals surface area contributed by atoms with Gasteiger partial charge in [-0.05, 0) is 56.8 Å². The minimum atomic E-state index is -0.106. The van der Waals surface area contributed by atoms with E-state index < -0.39 is 0 Å². The van der Waals surface area contributed by atoms with Gasteiger partial charge in [0.15, 0.2) is 15.8 Å². The summed E-state index contributed by atoms with van der Waals surface area (Å²) in [6.07, 6.45) is 7.45. The molecule has 0 radical (unpaired) electrons. The van der Waals surface area contributed by atoms with Crippen LogP contribution in [0.25, 0.3) is 10.3 Å². The minimum absolute atomic E-state index is 0.106. The molecule has 0 saturated carbocycles. The van der Waals surface area contributed by atoms with Crippen LogP contribution in [-0.4, -0.2) is 94.8 Å². The van der Waals surface area contributed by atoms with E-state index in [-0.39, 0.29) is 24.1 Å². The van der Waals surface area contributed by atoms with Crippen molar-refractivity contribution in [3.63, 3.8) is 0 Å². The molecule has 2 atom stereocenters. The SMILES string of the molecule is C[C@@H]1CN(c2ncnc3sc(N4CCC(NC(=O)c5cc(CN6CCC[C@@H](N)C6)ccn5)CC4)nc23)CCO1. The Kier molecular flexibility index (Phi) is 7.87. The Balaban J connectivity index is 1.05.